The molecule has 0 bridgehead atoms. The number of halogens is 1. The van der Waals surface area contributed by atoms with Gasteiger partial charge in [-0.2, -0.15) is 0 Å². The molecule has 0 amide bonds. The lowest BCUT2D eigenvalue weighted by Crippen LogP contribution is -2.45. The summed E-state index contributed by atoms with van der Waals surface area (Å²) in [6.07, 6.45) is 1.40. The smallest absolute Gasteiger partial charge is 0.148 e. The molecule has 0 aliphatic carbocycles. The Bertz CT molecular complexity index is 356. The van der Waals surface area contributed by atoms with Gasteiger partial charge < -0.3 is 15.7 Å². The van der Waals surface area contributed by atoms with E-state index in [1.165, 1.54) is 6.33 Å². The van der Waals surface area contributed by atoms with Gasteiger partial charge in [0.1, 0.15) is 22.4 Å². The first-order valence-corrected chi connectivity index (χ1v) is 5.30. The molecule has 0 saturated heterocycles. The summed E-state index contributed by atoms with van der Waals surface area (Å²) in [4.78, 5) is 9.85. The van der Waals surface area contributed by atoms with Gasteiger partial charge in [-0.15, -0.1) is 0 Å². The molecule has 0 spiro atoms. The minimum atomic E-state index is -0.399. The van der Waals surface area contributed by atoms with Crippen LogP contribution in [0.25, 0.3) is 0 Å². The minimum absolute atomic E-state index is 0.0276. The number of likely N-dealkylation sites (N-methyl/N-ethyl adjacent to an activating group) is 1. The van der Waals surface area contributed by atoms with E-state index in [-0.39, 0.29) is 6.61 Å². The Kier molecular flexibility index (Phi) is 3.51. The molecule has 1 heterocycles. The van der Waals surface area contributed by atoms with Crippen LogP contribution < -0.4 is 10.6 Å². The Balaban J connectivity index is 3.12. The molecule has 3 N–H and O–H groups in total. The molecular weight excluding hydrogens is 260 g/mol. The van der Waals surface area contributed by atoms with Crippen LogP contribution in [0.3, 0.4) is 0 Å². The quantitative estimate of drug-likeness (QED) is 0.861. The van der Waals surface area contributed by atoms with E-state index in [1.54, 1.807) is 0 Å². The second kappa shape index (κ2) is 4.32. The summed E-state index contributed by atoms with van der Waals surface area (Å²) in [5.41, 5.74) is 5.26. The van der Waals surface area contributed by atoms with Crippen LogP contribution in [0.4, 0.5) is 11.6 Å². The molecule has 6 heteroatoms. The number of anilines is 2. The van der Waals surface area contributed by atoms with Gasteiger partial charge in [-0.3, -0.25) is 0 Å². The molecule has 0 unspecified atom stereocenters. The van der Waals surface area contributed by atoms with Gasteiger partial charge in [0, 0.05) is 7.05 Å². The second-order valence-corrected chi connectivity index (χ2v) is 4.72. The van der Waals surface area contributed by atoms with Crippen molar-refractivity contribution in [3.05, 3.63) is 10.8 Å². The standard InChI is InChI=1S/C9H15BrN4O/c1-9(2,4-15)14(3)8-6(10)7(11)12-5-13-8/h5,15H,4H2,1-3H3,(H2,11,12,13). The van der Waals surface area contributed by atoms with Crippen LogP contribution in [-0.4, -0.2) is 34.3 Å². The lowest BCUT2D eigenvalue weighted by Gasteiger charge is -2.35. The first-order chi connectivity index (χ1) is 6.90. The molecule has 0 saturated carbocycles. The number of rotatable bonds is 3. The van der Waals surface area contributed by atoms with Gasteiger partial charge in [-0.05, 0) is 29.8 Å². The lowest BCUT2D eigenvalue weighted by atomic mass is 10.1. The predicted molar refractivity (Wildman–Crippen MR) is 63.7 cm³/mol. The van der Waals surface area contributed by atoms with Crippen LogP contribution in [0.2, 0.25) is 0 Å². The summed E-state index contributed by atoms with van der Waals surface area (Å²) in [6.45, 7) is 3.86. The van der Waals surface area contributed by atoms with Gasteiger partial charge in [-0.25, -0.2) is 9.97 Å². The summed E-state index contributed by atoms with van der Waals surface area (Å²) >= 11 is 3.33. The largest absolute Gasteiger partial charge is 0.394 e. The van der Waals surface area contributed by atoms with Crippen LogP contribution in [0.5, 0.6) is 0 Å². The molecule has 1 aromatic rings. The fourth-order valence-electron chi connectivity index (χ4n) is 1.00. The van der Waals surface area contributed by atoms with Gasteiger partial charge in [0.05, 0.1) is 12.1 Å². The number of hydrogen-bond acceptors (Lipinski definition) is 5. The van der Waals surface area contributed by atoms with E-state index in [0.717, 1.165) is 0 Å². The van der Waals surface area contributed by atoms with Crippen molar-refractivity contribution in [2.75, 3.05) is 24.3 Å². The van der Waals surface area contributed by atoms with E-state index in [0.29, 0.717) is 16.1 Å². The van der Waals surface area contributed by atoms with Gasteiger partial charge in [0.15, 0.2) is 0 Å². The van der Waals surface area contributed by atoms with Gasteiger partial charge in [-0.1, -0.05) is 0 Å². The molecule has 15 heavy (non-hydrogen) atoms. The van der Waals surface area contributed by atoms with E-state index in [1.807, 2.05) is 25.8 Å². The van der Waals surface area contributed by atoms with E-state index >= 15 is 0 Å². The maximum absolute atomic E-state index is 9.25. The molecule has 5 nitrogen and oxygen atoms in total. The molecule has 0 aliphatic heterocycles. The third-order valence-corrected chi connectivity index (χ3v) is 3.17. The van der Waals surface area contributed by atoms with Crippen LogP contribution >= 0.6 is 15.9 Å². The van der Waals surface area contributed by atoms with Crippen molar-refractivity contribution in [2.45, 2.75) is 19.4 Å². The molecule has 1 rings (SSSR count). The monoisotopic (exact) mass is 274 g/mol. The number of nitrogens with two attached hydrogens (primary N) is 1. The van der Waals surface area contributed by atoms with Crippen molar-refractivity contribution in [3.8, 4) is 0 Å². The number of nitrogen functional groups attached to an aromatic ring is 1. The zero-order valence-corrected chi connectivity index (χ0v) is 10.6. The van der Waals surface area contributed by atoms with Crippen LogP contribution in [0.15, 0.2) is 10.8 Å². The van der Waals surface area contributed by atoms with E-state index < -0.39 is 5.54 Å². The van der Waals surface area contributed by atoms with Gasteiger partial charge in [0.25, 0.3) is 0 Å². The van der Waals surface area contributed by atoms with Crippen molar-refractivity contribution in [3.63, 3.8) is 0 Å². The summed E-state index contributed by atoms with van der Waals surface area (Å²) < 4.78 is 0.647. The van der Waals surface area contributed by atoms with E-state index in [2.05, 4.69) is 25.9 Å². The fourth-order valence-corrected chi connectivity index (χ4v) is 1.47. The van der Waals surface area contributed by atoms with Crippen LogP contribution in [0, 0.1) is 0 Å². The second-order valence-electron chi connectivity index (χ2n) is 3.93. The van der Waals surface area contributed by atoms with E-state index in [9.17, 15) is 5.11 Å². The molecule has 1 aromatic heterocycles. The number of aliphatic hydroxyl groups excluding tert-OH is 1. The molecule has 0 atom stereocenters. The maximum Gasteiger partial charge on any atom is 0.148 e. The first kappa shape index (κ1) is 12.2. The number of aliphatic hydroxyl groups is 1. The zero-order valence-electron chi connectivity index (χ0n) is 9.03. The SMILES string of the molecule is CN(c1ncnc(N)c1Br)C(C)(C)CO. The molecule has 0 aromatic carbocycles. The molecule has 0 aliphatic rings. The Morgan fingerprint density at radius 2 is 2.13 bits per heavy atom. The highest BCUT2D eigenvalue weighted by Gasteiger charge is 2.25. The summed E-state index contributed by atoms with van der Waals surface area (Å²) in [5, 5.41) is 9.25. The third-order valence-electron chi connectivity index (χ3n) is 2.41. The maximum atomic E-state index is 9.25. The van der Waals surface area contributed by atoms with Gasteiger partial charge >= 0.3 is 0 Å². The highest BCUT2D eigenvalue weighted by atomic mass is 79.9. The third kappa shape index (κ3) is 2.38. The normalized spacial score (nSPS) is 11.5. The van der Waals surface area contributed by atoms with Crippen molar-refractivity contribution < 1.29 is 5.11 Å². The van der Waals surface area contributed by atoms with Crippen molar-refractivity contribution >= 4 is 27.6 Å². The Morgan fingerprint density at radius 1 is 1.53 bits per heavy atom. The van der Waals surface area contributed by atoms with Crippen LogP contribution in [-0.2, 0) is 0 Å². The first-order valence-electron chi connectivity index (χ1n) is 4.51. The molecule has 0 radical (unpaired) electrons. The molecule has 84 valence electrons. The summed E-state index contributed by atoms with van der Waals surface area (Å²) in [5.74, 6) is 1.06. The zero-order chi connectivity index (χ0) is 11.6. The number of hydrogen-bond donors (Lipinski definition) is 2. The average molecular weight is 275 g/mol. The molecular formula is C9H15BrN4O. The Morgan fingerprint density at radius 3 is 2.67 bits per heavy atom. The lowest BCUT2D eigenvalue weighted by molar-refractivity contribution is 0.215. The predicted octanol–water partition coefficient (Wildman–Crippen LogP) is 1.03. The van der Waals surface area contributed by atoms with Crippen molar-refractivity contribution in [1.82, 2.24) is 9.97 Å². The van der Waals surface area contributed by atoms with Crippen molar-refractivity contribution in [1.29, 1.82) is 0 Å². The highest BCUT2D eigenvalue weighted by molar-refractivity contribution is 9.10. The average Bonchev–Trinajstić information content (AvgIpc) is 2.21. The summed E-state index contributed by atoms with van der Waals surface area (Å²) in [6, 6.07) is 0. The number of aromatic nitrogens is 2. The van der Waals surface area contributed by atoms with E-state index in [4.69, 9.17) is 5.73 Å². The minimum Gasteiger partial charge on any atom is -0.394 e. The van der Waals surface area contributed by atoms with Crippen LogP contribution in [0.1, 0.15) is 13.8 Å². The van der Waals surface area contributed by atoms with Crippen molar-refractivity contribution in [2.24, 2.45) is 0 Å². The fraction of sp³-hybridized carbons (Fsp3) is 0.556. The Hall–Kier alpha value is -0.880. The topological polar surface area (TPSA) is 75.3 Å². The highest BCUT2D eigenvalue weighted by Crippen LogP contribution is 2.30. The number of nitrogens with zero attached hydrogens (tertiary/aromatic N) is 3. The Labute approximate surface area is 97.5 Å². The summed E-state index contributed by atoms with van der Waals surface area (Å²) in [7, 11) is 1.85. The van der Waals surface area contributed by atoms with Gasteiger partial charge in [0.2, 0.25) is 0 Å². The molecule has 0 fully saturated rings.